The normalized spacial score (nSPS) is 20.9. The molecule has 2 unspecified atom stereocenters. The molecule has 1 fully saturated rings. The molecule has 1 aliphatic heterocycles. The third-order valence-corrected chi connectivity index (χ3v) is 5.86. The van der Waals surface area contributed by atoms with E-state index >= 15 is 0 Å². The molecule has 3 aromatic heterocycles. The van der Waals surface area contributed by atoms with E-state index < -0.39 is 17.8 Å². The molecule has 10 nitrogen and oxygen atoms in total. The van der Waals surface area contributed by atoms with Gasteiger partial charge in [-0.2, -0.15) is 10.4 Å². The van der Waals surface area contributed by atoms with Gasteiger partial charge in [0.15, 0.2) is 11.2 Å². The number of nitrogens with two attached hydrogens (primary N) is 1. The summed E-state index contributed by atoms with van der Waals surface area (Å²) in [5, 5.41) is 23.7. The summed E-state index contributed by atoms with van der Waals surface area (Å²) < 4.78 is 7.46. The molecule has 1 aliphatic rings. The molecule has 0 bridgehead atoms. The Hall–Kier alpha value is -4.23. The fraction of sp³-hybridized carbons (Fsp3) is 0.227. The number of benzene rings is 1. The largest absolute Gasteiger partial charge is 0.465 e. The molecule has 0 aliphatic carbocycles. The van der Waals surface area contributed by atoms with Crippen LogP contribution in [0.15, 0.2) is 59.5 Å². The van der Waals surface area contributed by atoms with Crippen molar-refractivity contribution < 1.29 is 14.3 Å². The number of hydrogen-bond donors (Lipinski definition) is 2. The number of carboxylic acid groups (broad SMARTS) is 1. The van der Waals surface area contributed by atoms with Gasteiger partial charge >= 0.3 is 6.09 Å². The predicted molar refractivity (Wildman–Crippen MR) is 113 cm³/mol. The third kappa shape index (κ3) is 2.83. The SMILES string of the molecule is N#Cc1cccc2nc(-c3cncc(C4(n5cccn5)C(N)CCCN4C(=O)O)c3)oc12. The van der Waals surface area contributed by atoms with Crippen LogP contribution in [0.5, 0.6) is 0 Å². The van der Waals surface area contributed by atoms with Crippen LogP contribution in [0.4, 0.5) is 4.79 Å². The van der Waals surface area contributed by atoms with Crippen LogP contribution in [0, 0.1) is 11.3 Å². The van der Waals surface area contributed by atoms with Crippen molar-refractivity contribution in [2.24, 2.45) is 5.73 Å². The molecule has 0 saturated carbocycles. The van der Waals surface area contributed by atoms with E-state index in [4.69, 9.17) is 10.2 Å². The first-order valence-corrected chi connectivity index (χ1v) is 10.1. The second-order valence-electron chi connectivity index (χ2n) is 7.61. The highest BCUT2D eigenvalue weighted by atomic mass is 16.4. The molecule has 1 amide bonds. The second-order valence-corrected chi connectivity index (χ2v) is 7.61. The van der Waals surface area contributed by atoms with E-state index in [1.165, 1.54) is 4.90 Å². The predicted octanol–water partition coefficient (Wildman–Crippen LogP) is 2.76. The zero-order valence-electron chi connectivity index (χ0n) is 16.9. The maximum Gasteiger partial charge on any atom is 0.409 e. The van der Waals surface area contributed by atoms with Crippen LogP contribution in [0.25, 0.3) is 22.6 Å². The van der Waals surface area contributed by atoms with Crippen molar-refractivity contribution in [2.75, 3.05) is 6.54 Å². The van der Waals surface area contributed by atoms with Crippen molar-refractivity contribution >= 4 is 17.2 Å². The van der Waals surface area contributed by atoms with E-state index in [-0.39, 0.29) is 5.89 Å². The van der Waals surface area contributed by atoms with Gasteiger partial charge in [-0.25, -0.2) is 14.5 Å². The number of nitriles is 1. The number of aromatic nitrogens is 4. The number of amides is 1. The Balaban J connectivity index is 1.71. The Kier molecular flexibility index (Phi) is 4.61. The minimum atomic E-state index is -1.28. The number of rotatable bonds is 3. The minimum absolute atomic E-state index is 0.277. The van der Waals surface area contributed by atoms with Gasteiger partial charge in [-0.15, -0.1) is 0 Å². The highest BCUT2D eigenvalue weighted by molar-refractivity contribution is 5.81. The van der Waals surface area contributed by atoms with Gasteiger partial charge in [-0.1, -0.05) is 6.07 Å². The smallest absolute Gasteiger partial charge is 0.409 e. The minimum Gasteiger partial charge on any atom is -0.465 e. The summed E-state index contributed by atoms with van der Waals surface area (Å²) in [7, 11) is 0. The van der Waals surface area contributed by atoms with E-state index in [0.717, 1.165) is 0 Å². The standard InChI is InChI=1S/C22H19N7O3/c23-11-14-4-1-5-17-19(14)32-20(27-17)15-10-16(13-25-12-15)22(29-9-3-7-26-29)18(24)6-2-8-28(22)21(30)31/h1,3-5,7,9-10,12-13,18H,2,6,8,24H2,(H,30,31). The van der Waals surface area contributed by atoms with Gasteiger partial charge in [0.2, 0.25) is 5.89 Å². The molecule has 1 saturated heterocycles. The van der Waals surface area contributed by atoms with Gasteiger partial charge in [-0.05, 0) is 37.1 Å². The number of para-hydroxylation sites is 1. The number of oxazole rings is 1. The van der Waals surface area contributed by atoms with E-state index in [9.17, 15) is 15.2 Å². The van der Waals surface area contributed by atoms with E-state index in [2.05, 4.69) is 21.1 Å². The summed E-state index contributed by atoms with van der Waals surface area (Å²) in [6.45, 7) is 0.307. The first kappa shape index (κ1) is 19.7. The van der Waals surface area contributed by atoms with Crippen LogP contribution in [0.3, 0.4) is 0 Å². The Labute approximate surface area is 182 Å². The second kappa shape index (κ2) is 7.47. The van der Waals surface area contributed by atoms with Crippen molar-refractivity contribution in [3.63, 3.8) is 0 Å². The van der Waals surface area contributed by atoms with E-state index in [1.54, 1.807) is 59.8 Å². The number of piperidine rings is 1. The monoisotopic (exact) mass is 429 g/mol. The number of hydrogen-bond acceptors (Lipinski definition) is 7. The highest BCUT2D eigenvalue weighted by Crippen LogP contribution is 2.39. The number of fused-ring (bicyclic) bond motifs is 1. The highest BCUT2D eigenvalue weighted by Gasteiger charge is 2.51. The van der Waals surface area contributed by atoms with Gasteiger partial charge in [0, 0.05) is 36.9 Å². The first-order valence-electron chi connectivity index (χ1n) is 10.1. The van der Waals surface area contributed by atoms with Crippen LogP contribution in [-0.2, 0) is 5.66 Å². The summed E-state index contributed by atoms with van der Waals surface area (Å²) in [4.78, 5) is 22.4. The van der Waals surface area contributed by atoms with Crippen molar-refractivity contribution in [3.8, 4) is 17.5 Å². The maximum atomic E-state index is 12.3. The fourth-order valence-corrected chi connectivity index (χ4v) is 4.47. The summed E-state index contributed by atoms with van der Waals surface area (Å²) in [5.41, 5.74) is 7.71. The molecule has 4 heterocycles. The van der Waals surface area contributed by atoms with Crippen molar-refractivity contribution in [2.45, 2.75) is 24.5 Å². The van der Waals surface area contributed by atoms with Crippen LogP contribution in [-0.4, -0.2) is 48.4 Å². The van der Waals surface area contributed by atoms with Crippen LogP contribution < -0.4 is 5.73 Å². The lowest BCUT2D eigenvalue weighted by Crippen LogP contribution is -2.66. The number of carbonyl (C=O) groups is 1. The fourth-order valence-electron chi connectivity index (χ4n) is 4.47. The molecule has 3 N–H and O–H groups in total. The summed E-state index contributed by atoms with van der Waals surface area (Å²) in [5.74, 6) is 0.277. The summed E-state index contributed by atoms with van der Waals surface area (Å²) in [6.07, 6.45) is 6.62. The molecule has 10 heteroatoms. The van der Waals surface area contributed by atoms with Crippen LogP contribution in [0.1, 0.15) is 24.0 Å². The van der Waals surface area contributed by atoms with E-state index in [0.29, 0.717) is 47.2 Å². The van der Waals surface area contributed by atoms with Crippen LogP contribution >= 0.6 is 0 Å². The molecule has 0 radical (unpaired) electrons. The molecular weight excluding hydrogens is 410 g/mol. The molecule has 5 rings (SSSR count). The van der Waals surface area contributed by atoms with Crippen molar-refractivity contribution in [3.05, 3.63) is 66.2 Å². The summed E-state index contributed by atoms with van der Waals surface area (Å²) >= 11 is 0. The van der Waals surface area contributed by atoms with E-state index in [1.807, 2.05) is 0 Å². The average Bonchev–Trinajstić information content (AvgIpc) is 3.49. The Morgan fingerprint density at radius 2 is 2.22 bits per heavy atom. The van der Waals surface area contributed by atoms with Gasteiger partial charge < -0.3 is 15.3 Å². The zero-order chi connectivity index (χ0) is 22.3. The van der Waals surface area contributed by atoms with Gasteiger partial charge in [-0.3, -0.25) is 9.88 Å². The summed E-state index contributed by atoms with van der Waals surface area (Å²) in [6, 6.07) is 10.2. The lowest BCUT2D eigenvalue weighted by atomic mass is 9.84. The number of pyridine rings is 1. The first-order chi connectivity index (χ1) is 15.6. The van der Waals surface area contributed by atoms with Crippen molar-refractivity contribution in [1.29, 1.82) is 5.26 Å². The molecule has 2 atom stereocenters. The van der Waals surface area contributed by atoms with Crippen LogP contribution in [0.2, 0.25) is 0 Å². The molecule has 1 aromatic carbocycles. The Bertz CT molecular complexity index is 1340. The van der Waals surface area contributed by atoms with Gasteiger partial charge in [0.05, 0.1) is 17.2 Å². The Morgan fingerprint density at radius 3 is 2.97 bits per heavy atom. The number of likely N-dealkylation sites (tertiary alicyclic amines) is 1. The Morgan fingerprint density at radius 1 is 1.34 bits per heavy atom. The molecular formula is C22H19N7O3. The van der Waals surface area contributed by atoms with Crippen molar-refractivity contribution in [1.82, 2.24) is 24.6 Å². The molecule has 0 spiro atoms. The quantitative estimate of drug-likeness (QED) is 0.505. The lowest BCUT2D eigenvalue weighted by molar-refractivity contribution is 0.000640. The maximum absolute atomic E-state index is 12.3. The van der Waals surface area contributed by atoms with Gasteiger partial charge in [0.1, 0.15) is 11.6 Å². The van der Waals surface area contributed by atoms with Gasteiger partial charge in [0.25, 0.3) is 0 Å². The molecule has 4 aromatic rings. The zero-order valence-corrected chi connectivity index (χ0v) is 16.9. The molecule has 160 valence electrons. The average molecular weight is 429 g/mol. The topological polar surface area (TPSA) is 147 Å². The third-order valence-electron chi connectivity index (χ3n) is 5.86. The lowest BCUT2D eigenvalue weighted by Gasteiger charge is -2.49. The number of nitrogens with zero attached hydrogens (tertiary/aromatic N) is 6. The molecule has 32 heavy (non-hydrogen) atoms.